The highest BCUT2D eigenvalue weighted by Gasteiger charge is 2.33. The molecule has 0 bridgehead atoms. The van der Waals surface area contributed by atoms with Crippen LogP contribution in [0, 0.1) is 26.7 Å². The van der Waals surface area contributed by atoms with Gasteiger partial charge in [0.05, 0.1) is 24.0 Å². The van der Waals surface area contributed by atoms with Crippen LogP contribution in [0.25, 0.3) is 5.78 Å². The quantitative estimate of drug-likeness (QED) is 0.552. The molecule has 1 N–H and O–H groups in total. The Kier molecular flexibility index (Phi) is 6.72. The third kappa shape index (κ3) is 4.84. The van der Waals surface area contributed by atoms with E-state index in [2.05, 4.69) is 44.2 Å². The number of likely N-dealkylation sites (tertiary alicyclic amines) is 1. The van der Waals surface area contributed by atoms with E-state index in [1.807, 2.05) is 25.7 Å². The van der Waals surface area contributed by atoms with Gasteiger partial charge in [-0.2, -0.15) is 9.50 Å². The number of ether oxygens (including phenoxy) is 1. The lowest BCUT2D eigenvalue weighted by Crippen LogP contribution is -2.36. The second kappa shape index (κ2) is 10.2. The summed E-state index contributed by atoms with van der Waals surface area (Å²) in [4.78, 5) is 26.0. The summed E-state index contributed by atoms with van der Waals surface area (Å²) in [6.45, 7) is 8.86. The highest BCUT2D eigenvalue weighted by molar-refractivity contribution is 5.79. The highest BCUT2D eigenvalue weighted by Crippen LogP contribution is 2.38. The minimum absolute atomic E-state index is 0.0977. The summed E-state index contributed by atoms with van der Waals surface area (Å²) in [7, 11) is 0. The molecule has 2 saturated heterocycles. The maximum Gasteiger partial charge on any atom is 0.253 e. The summed E-state index contributed by atoms with van der Waals surface area (Å²) < 4.78 is 8.23. The lowest BCUT2D eigenvalue weighted by Gasteiger charge is -2.31. The van der Waals surface area contributed by atoms with Gasteiger partial charge >= 0.3 is 0 Å². The molecule has 6 rings (SSSR count). The number of carbonyl (C=O) groups excluding carboxylic acids is 1. The molecular formula is C29H38N6O3. The van der Waals surface area contributed by atoms with Gasteiger partial charge in [0.1, 0.15) is 11.9 Å². The molecule has 0 radical (unpaired) electrons. The molecule has 3 aliphatic rings. The molecule has 1 amide bonds. The van der Waals surface area contributed by atoms with Crippen LogP contribution in [-0.4, -0.2) is 73.9 Å². The van der Waals surface area contributed by atoms with Crippen LogP contribution in [0.5, 0.6) is 5.75 Å². The number of carbonyl (C=O) groups is 1. The van der Waals surface area contributed by atoms with Crippen LogP contribution in [0.3, 0.4) is 0 Å². The third-order valence-corrected chi connectivity index (χ3v) is 8.65. The first-order valence-electron chi connectivity index (χ1n) is 14.0. The van der Waals surface area contributed by atoms with E-state index in [1.54, 1.807) is 4.52 Å². The molecule has 1 aliphatic carbocycles. The summed E-state index contributed by atoms with van der Waals surface area (Å²) in [5.41, 5.74) is 4.38. The zero-order valence-corrected chi connectivity index (χ0v) is 22.6. The van der Waals surface area contributed by atoms with Gasteiger partial charge in [-0.25, -0.2) is 4.98 Å². The van der Waals surface area contributed by atoms with Crippen LogP contribution in [-0.2, 0) is 4.79 Å². The van der Waals surface area contributed by atoms with Crippen molar-refractivity contribution >= 4 is 17.4 Å². The molecule has 1 aromatic carbocycles. The number of β-amino-alcohol motifs (C(OH)–C–C–N with tert-alkyl or cyclic N) is 1. The van der Waals surface area contributed by atoms with Crippen LogP contribution in [0.2, 0.25) is 0 Å². The number of hydrogen-bond donors (Lipinski definition) is 1. The lowest BCUT2D eigenvalue weighted by atomic mass is 9.78. The molecule has 2 atom stereocenters. The molecule has 9 heteroatoms. The van der Waals surface area contributed by atoms with Crippen molar-refractivity contribution in [3.05, 3.63) is 47.0 Å². The first-order valence-corrected chi connectivity index (χ1v) is 14.0. The second-order valence-corrected chi connectivity index (χ2v) is 11.3. The van der Waals surface area contributed by atoms with E-state index in [9.17, 15) is 9.90 Å². The number of anilines is 1. The Hall–Kier alpha value is -3.20. The second-order valence-electron chi connectivity index (χ2n) is 11.3. The molecular weight excluding hydrogens is 480 g/mol. The van der Waals surface area contributed by atoms with Crippen molar-refractivity contribution in [2.45, 2.75) is 77.4 Å². The van der Waals surface area contributed by atoms with Gasteiger partial charge in [0, 0.05) is 37.7 Å². The third-order valence-electron chi connectivity index (χ3n) is 8.65. The molecule has 1 unspecified atom stereocenters. The fourth-order valence-electron chi connectivity index (χ4n) is 6.49. The average molecular weight is 519 g/mol. The largest absolute Gasteiger partial charge is 0.485 e. The molecule has 38 heavy (non-hydrogen) atoms. The van der Waals surface area contributed by atoms with E-state index < -0.39 is 0 Å². The van der Waals surface area contributed by atoms with Crippen molar-refractivity contribution in [3.63, 3.8) is 0 Å². The van der Waals surface area contributed by atoms with Crippen LogP contribution in [0.1, 0.15) is 67.2 Å². The Bertz CT molecular complexity index is 1310. The number of benzene rings is 1. The van der Waals surface area contributed by atoms with Gasteiger partial charge in [-0.1, -0.05) is 12.1 Å². The van der Waals surface area contributed by atoms with E-state index >= 15 is 0 Å². The van der Waals surface area contributed by atoms with E-state index in [0.29, 0.717) is 37.0 Å². The predicted molar refractivity (Wildman–Crippen MR) is 145 cm³/mol. The Morgan fingerprint density at radius 1 is 0.947 bits per heavy atom. The van der Waals surface area contributed by atoms with Crippen LogP contribution >= 0.6 is 0 Å². The summed E-state index contributed by atoms with van der Waals surface area (Å²) in [5, 5.41) is 14.2. The monoisotopic (exact) mass is 518 g/mol. The van der Waals surface area contributed by atoms with Crippen molar-refractivity contribution < 1.29 is 14.6 Å². The summed E-state index contributed by atoms with van der Waals surface area (Å²) >= 11 is 0. The van der Waals surface area contributed by atoms with E-state index in [-0.39, 0.29) is 24.0 Å². The van der Waals surface area contributed by atoms with Crippen LogP contribution < -0.4 is 9.64 Å². The first kappa shape index (κ1) is 25.1. The van der Waals surface area contributed by atoms with Crippen molar-refractivity contribution in [2.75, 3.05) is 31.1 Å². The number of aryl methyl sites for hydroxylation is 3. The molecule has 202 valence electrons. The zero-order valence-electron chi connectivity index (χ0n) is 22.6. The number of aromatic nitrogens is 4. The minimum Gasteiger partial charge on any atom is -0.485 e. The fraction of sp³-hybridized carbons (Fsp3) is 0.586. The Morgan fingerprint density at radius 3 is 2.42 bits per heavy atom. The molecule has 1 saturated carbocycles. The number of nitrogens with zero attached hydrogens (tertiary/aromatic N) is 6. The lowest BCUT2D eigenvalue weighted by molar-refractivity contribution is -0.135. The minimum atomic E-state index is -0.343. The maximum absolute atomic E-state index is 12.8. The van der Waals surface area contributed by atoms with E-state index in [0.717, 1.165) is 62.3 Å². The van der Waals surface area contributed by atoms with Gasteiger partial charge in [-0.3, -0.25) is 4.79 Å². The number of amides is 1. The van der Waals surface area contributed by atoms with Gasteiger partial charge in [-0.05, 0) is 76.5 Å². The number of aliphatic hydroxyl groups is 1. The smallest absolute Gasteiger partial charge is 0.253 e. The normalized spacial score (nSPS) is 25.9. The molecule has 2 aromatic heterocycles. The van der Waals surface area contributed by atoms with Gasteiger partial charge in [0.15, 0.2) is 5.75 Å². The van der Waals surface area contributed by atoms with E-state index in [4.69, 9.17) is 4.74 Å². The molecule has 3 fully saturated rings. The predicted octanol–water partition coefficient (Wildman–Crippen LogP) is 3.57. The number of hydrogen-bond acceptors (Lipinski definition) is 7. The number of rotatable bonds is 5. The maximum atomic E-state index is 12.8. The Morgan fingerprint density at radius 2 is 1.71 bits per heavy atom. The highest BCUT2D eigenvalue weighted by atomic mass is 16.5. The fourth-order valence-corrected chi connectivity index (χ4v) is 6.49. The average Bonchev–Trinajstić information content (AvgIpc) is 3.66. The van der Waals surface area contributed by atoms with Gasteiger partial charge in [0.25, 0.3) is 5.78 Å². The van der Waals surface area contributed by atoms with E-state index in [1.165, 1.54) is 11.3 Å². The number of aliphatic hydroxyl groups excluding tert-OH is 1. The SMILES string of the molecule is Cc1nc2nc(C)c(O[C@@H]3CCN(c4ccc(C5CCC(C(=O)N6CCC(O)C6)CC5)cc4)C3)c(C)n2n1. The van der Waals surface area contributed by atoms with Crippen LogP contribution in [0.4, 0.5) is 5.69 Å². The summed E-state index contributed by atoms with van der Waals surface area (Å²) in [6, 6.07) is 9.02. The zero-order chi connectivity index (χ0) is 26.4. The molecule has 9 nitrogen and oxygen atoms in total. The molecule has 3 aromatic rings. The van der Waals surface area contributed by atoms with Gasteiger partial charge < -0.3 is 19.6 Å². The topological polar surface area (TPSA) is 96.1 Å². The van der Waals surface area contributed by atoms with Gasteiger partial charge in [0.2, 0.25) is 5.91 Å². The first-order chi connectivity index (χ1) is 18.4. The summed E-state index contributed by atoms with van der Waals surface area (Å²) in [6.07, 6.45) is 5.41. The molecule has 2 aliphatic heterocycles. The van der Waals surface area contributed by atoms with Crippen LogP contribution in [0.15, 0.2) is 24.3 Å². The van der Waals surface area contributed by atoms with Crippen molar-refractivity contribution in [2.24, 2.45) is 5.92 Å². The standard InChI is InChI=1S/C29H38N6O3/c1-18-27(19(2)35-29(30-18)31-20(3)32-35)38-26-13-15-33(17-26)24-10-8-22(9-11-24)21-4-6-23(7-5-21)28(37)34-14-12-25(36)16-34/h8-11,21,23,25-26,36H,4-7,12-17H2,1-3H3/t21?,23?,25?,26-/m1/s1. The number of fused-ring (bicyclic) bond motifs is 1. The molecule has 0 spiro atoms. The Labute approximate surface area is 223 Å². The van der Waals surface area contributed by atoms with Crippen molar-refractivity contribution in [1.82, 2.24) is 24.5 Å². The van der Waals surface area contributed by atoms with Crippen molar-refractivity contribution in [1.29, 1.82) is 0 Å². The van der Waals surface area contributed by atoms with Gasteiger partial charge in [-0.15, -0.1) is 5.10 Å². The van der Waals surface area contributed by atoms with Crippen molar-refractivity contribution in [3.8, 4) is 5.75 Å². The Balaban J connectivity index is 1.04. The summed E-state index contributed by atoms with van der Waals surface area (Å²) in [5.74, 6) is 3.01. The molecule has 4 heterocycles.